The van der Waals surface area contributed by atoms with Gasteiger partial charge in [0.1, 0.15) is 10.8 Å². The molecule has 3 nitrogen and oxygen atoms in total. The minimum Gasteiger partial charge on any atom is -0.423 e. The molecule has 1 aromatic carbocycles. The van der Waals surface area contributed by atoms with E-state index >= 15 is 0 Å². The first-order valence-electron chi connectivity index (χ1n) is 5.17. The van der Waals surface area contributed by atoms with Crippen LogP contribution in [0.4, 0.5) is 0 Å². The predicted octanol–water partition coefficient (Wildman–Crippen LogP) is 3.79. The molecule has 92 valence electrons. The van der Waals surface area contributed by atoms with Gasteiger partial charge in [0, 0.05) is 10.7 Å². The van der Waals surface area contributed by atoms with Crippen LogP contribution >= 0.6 is 27.7 Å². The van der Waals surface area contributed by atoms with Crippen LogP contribution in [0.25, 0.3) is 0 Å². The van der Waals surface area contributed by atoms with Crippen LogP contribution in [0.1, 0.15) is 10.4 Å². The Morgan fingerprint density at radius 3 is 2.67 bits per heavy atom. The largest absolute Gasteiger partial charge is 0.423 e. The number of pyridine rings is 1. The standard InChI is InChI=1S/C13H10BrNO2S/c1-18-12-11(3-2-8-15-12)13(16)17-10-6-4-9(14)5-7-10/h2-8H,1H3. The number of hydrogen-bond donors (Lipinski definition) is 0. The summed E-state index contributed by atoms with van der Waals surface area (Å²) in [5.41, 5.74) is 0.480. The van der Waals surface area contributed by atoms with Crippen LogP contribution in [-0.2, 0) is 0 Å². The Bertz CT molecular complexity index is 557. The molecule has 0 unspecified atom stereocenters. The van der Waals surface area contributed by atoms with E-state index < -0.39 is 5.97 Å². The van der Waals surface area contributed by atoms with Crippen molar-refractivity contribution in [2.24, 2.45) is 0 Å². The smallest absolute Gasteiger partial charge is 0.346 e. The highest BCUT2D eigenvalue weighted by Gasteiger charge is 2.13. The summed E-state index contributed by atoms with van der Waals surface area (Å²) < 4.78 is 6.22. The first-order chi connectivity index (χ1) is 8.70. The molecule has 0 fully saturated rings. The van der Waals surface area contributed by atoms with Crippen molar-refractivity contribution in [3.63, 3.8) is 0 Å². The fourth-order valence-corrected chi connectivity index (χ4v) is 2.18. The molecule has 0 amide bonds. The molecular formula is C13H10BrNO2S. The maximum absolute atomic E-state index is 12.0. The summed E-state index contributed by atoms with van der Waals surface area (Å²) in [7, 11) is 0. The fraction of sp³-hybridized carbons (Fsp3) is 0.0769. The van der Waals surface area contributed by atoms with Gasteiger partial charge >= 0.3 is 5.97 Å². The van der Waals surface area contributed by atoms with E-state index in [0.29, 0.717) is 16.3 Å². The third kappa shape index (κ3) is 3.11. The highest BCUT2D eigenvalue weighted by molar-refractivity contribution is 9.10. The van der Waals surface area contributed by atoms with E-state index in [2.05, 4.69) is 20.9 Å². The average Bonchev–Trinajstić information content (AvgIpc) is 2.41. The zero-order valence-electron chi connectivity index (χ0n) is 9.59. The molecule has 0 aliphatic rings. The molecule has 5 heteroatoms. The summed E-state index contributed by atoms with van der Waals surface area (Å²) in [6, 6.07) is 10.5. The minimum absolute atomic E-state index is 0.394. The lowest BCUT2D eigenvalue weighted by molar-refractivity contribution is 0.0730. The summed E-state index contributed by atoms with van der Waals surface area (Å²) in [6.07, 6.45) is 3.53. The van der Waals surface area contributed by atoms with Crippen LogP contribution in [0.3, 0.4) is 0 Å². The van der Waals surface area contributed by atoms with Gasteiger partial charge in [-0.2, -0.15) is 0 Å². The SMILES string of the molecule is CSc1ncccc1C(=O)Oc1ccc(Br)cc1. The molecule has 0 saturated carbocycles. The Kier molecular flexibility index (Phi) is 4.38. The second-order valence-corrected chi connectivity index (χ2v) is 5.11. The Morgan fingerprint density at radius 2 is 2.00 bits per heavy atom. The third-order valence-corrected chi connectivity index (χ3v) is 3.45. The van der Waals surface area contributed by atoms with Gasteiger partial charge in [0.15, 0.2) is 0 Å². The lowest BCUT2D eigenvalue weighted by atomic mass is 10.3. The maximum Gasteiger partial charge on any atom is 0.346 e. The summed E-state index contributed by atoms with van der Waals surface area (Å²) >= 11 is 4.74. The van der Waals surface area contributed by atoms with Crippen molar-refractivity contribution < 1.29 is 9.53 Å². The number of thioether (sulfide) groups is 1. The molecule has 1 heterocycles. The molecule has 0 aliphatic carbocycles. The number of ether oxygens (including phenoxy) is 1. The molecule has 0 spiro atoms. The summed E-state index contributed by atoms with van der Waals surface area (Å²) in [4.78, 5) is 16.1. The van der Waals surface area contributed by atoms with Crippen molar-refractivity contribution in [3.05, 3.63) is 52.6 Å². The summed E-state index contributed by atoms with van der Waals surface area (Å²) in [5, 5.41) is 0.666. The van der Waals surface area contributed by atoms with Gasteiger partial charge in [-0.25, -0.2) is 9.78 Å². The van der Waals surface area contributed by atoms with Crippen LogP contribution in [0, 0.1) is 0 Å². The van der Waals surface area contributed by atoms with Crippen molar-refractivity contribution in [1.29, 1.82) is 0 Å². The van der Waals surface area contributed by atoms with Gasteiger partial charge in [-0.1, -0.05) is 15.9 Å². The molecule has 0 atom stereocenters. The van der Waals surface area contributed by atoms with Gasteiger partial charge in [0.25, 0.3) is 0 Å². The van der Waals surface area contributed by atoms with E-state index in [9.17, 15) is 4.79 Å². The van der Waals surface area contributed by atoms with Crippen LogP contribution in [0.2, 0.25) is 0 Å². The molecule has 0 radical (unpaired) electrons. The Labute approximate surface area is 118 Å². The van der Waals surface area contributed by atoms with Crippen molar-refractivity contribution in [2.75, 3.05) is 6.26 Å². The van der Waals surface area contributed by atoms with Crippen molar-refractivity contribution >= 4 is 33.7 Å². The van der Waals surface area contributed by atoms with E-state index in [-0.39, 0.29) is 0 Å². The minimum atomic E-state index is -0.394. The molecule has 18 heavy (non-hydrogen) atoms. The number of esters is 1. The molecule has 0 N–H and O–H groups in total. The Morgan fingerprint density at radius 1 is 1.28 bits per heavy atom. The van der Waals surface area contributed by atoms with E-state index in [4.69, 9.17) is 4.74 Å². The fourth-order valence-electron chi connectivity index (χ4n) is 1.37. The van der Waals surface area contributed by atoms with Gasteiger partial charge in [-0.3, -0.25) is 0 Å². The van der Waals surface area contributed by atoms with Gasteiger partial charge in [0.2, 0.25) is 0 Å². The molecule has 0 saturated heterocycles. The van der Waals surface area contributed by atoms with Gasteiger partial charge in [-0.05, 0) is 42.7 Å². The zero-order valence-corrected chi connectivity index (χ0v) is 12.0. The number of hydrogen-bond acceptors (Lipinski definition) is 4. The topological polar surface area (TPSA) is 39.2 Å². The normalized spacial score (nSPS) is 10.1. The number of aromatic nitrogens is 1. The van der Waals surface area contributed by atoms with Gasteiger partial charge in [-0.15, -0.1) is 11.8 Å². The number of benzene rings is 1. The van der Waals surface area contributed by atoms with Gasteiger partial charge in [0.05, 0.1) is 5.56 Å². The van der Waals surface area contributed by atoms with Crippen LogP contribution in [-0.4, -0.2) is 17.2 Å². The van der Waals surface area contributed by atoms with Crippen LogP contribution in [0.15, 0.2) is 52.1 Å². The van der Waals surface area contributed by atoms with Crippen LogP contribution < -0.4 is 4.74 Å². The van der Waals surface area contributed by atoms with E-state index in [1.54, 1.807) is 30.5 Å². The second kappa shape index (κ2) is 6.02. The molecule has 2 rings (SSSR count). The van der Waals surface area contributed by atoms with Gasteiger partial charge < -0.3 is 4.74 Å². The highest BCUT2D eigenvalue weighted by atomic mass is 79.9. The highest BCUT2D eigenvalue weighted by Crippen LogP contribution is 2.21. The first-order valence-corrected chi connectivity index (χ1v) is 7.19. The van der Waals surface area contributed by atoms with Crippen molar-refractivity contribution in [3.8, 4) is 5.75 Å². The Balaban J connectivity index is 2.19. The molecule has 2 aromatic rings. The van der Waals surface area contributed by atoms with E-state index in [0.717, 1.165) is 4.47 Å². The molecule has 1 aromatic heterocycles. The van der Waals surface area contributed by atoms with E-state index in [1.165, 1.54) is 11.8 Å². The number of carbonyl (C=O) groups is 1. The van der Waals surface area contributed by atoms with E-state index in [1.807, 2.05) is 18.4 Å². The number of nitrogens with zero attached hydrogens (tertiary/aromatic N) is 1. The molecule has 0 aliphatic heterocycles. The second-order valence-electron chi connectivity index (χ2n) is 3.40. The molecular weight excluding hydrogens is 314 g/mol. The molecule has 0 bridgehead atoms. The monoisotopic (exact) mass is 323 g/mol. The Hall–Kier alpha value is -1.33. The average molecular weight is 324 g/mol. The third-order valence-electron chi connectivity index (χ3n) is 2.21. The maximum atomic E-state index is 12.0. The lowest BCUT2D eigenvalue weighted by Crippen LogP contribution is -2.10. The number of halogens is 1. The summed E-state index contributed by atoms with van der Waals surface area (Å²) in [5.74, 6) is 0.119. The lowest BCUT2D eigenvalue weighted by Gasteiger charge is -2.06. The predicted molar refractivity (Wildman–Crippen MR) is 75.1 cm³/mol. The van der Waals surface area contributed by atoms with Crippen molar-refractivity contribution in [1.82, 2.24) is 4.98 Å². The number of carbonyl (C=O) groups excluding carboxylic acids is 1. The quantitative estimate of drug-likeness (QED) is 0.489. The first kappa shape index (κ1) is 13.1. The van der Waals surface area contributed by atoms with Crippen LogP contribution in [0.5, 0.6) is 5.75 Å². The number of rotatable bonds is 3. The summed E-state index contributed by atoms with van der Waals surface area (Å²) in [6.45, 7) is 0. The zero-order chi connectivity index (χ0) is 13.0. The van der Waals surface area contributed by atoms with Crippen molar-refractivity contribution in [2.45, 2.75) is 5.03 Å².